The van der Waals surface area contributed by atoms with E-state index in [2.05, 4.69) is 18.1 Å². The van der Waals surface area contributed by atoms with Gasteiger partial charge in [0.2, 0.25) is 5.88 Å². The Morgan fingerprint density at radius 1 is 1.17 bits per heavy atom. The molecule has 0 spiro atoms. The molecular formula is C14H12N2OS. The number of hydrogen-bond donors (Lipinski definition) is 1. The number of nitrogens with two attached hydrogens (primary N) is 1. The fraction of sp³-hybridized carbons (Fsp3) is 0.0714. The van der Waals surface area contributed by atoms with Crippen molar-refractivity contribution in [1.29, 1.82) is 0 Å². The van der Waals surface area contributed by atoms with Gasteiger partial charge in [-0.05, 0) is 29.5 Å². The van der Waals surface area contributed by atoms with Crippen LogP contribution in [-0.4, -0.2) is 5.16 Å². The molecule has 1 aromatic carbocycles. The topological polar surface area (TPSA) is 52.0 Å². The molecule has 2 heterocycles. The van der Waals surface area contributed by atoms with Crippen LogP contribution in [0.4, 0.5) is 5.88 Å². The predicted molar refractivity (Wildman–Crippen MR) is 74.4 cm³/mol. The normalized spacial score (nSPS) is 10.7. The monoisotopic (exact) mass is 256 g/mol. The maximum absolute atomic E-state index is 5.91. The highest BCUT2D eigenvalue weighted by molar-refractivity contribution is 7.13. The Morgan fingerprint density at radius 2 is 1.94 bits per heavy atom. The Morgan fingerprint density at radius 3 is 2.61 bits per heavy atom. The Kier molecular flexibility index (Phi) is 2.64. The second kappa shape index (κ2) is 4.31. The number of anilines is 1. The van der Waals surface area contributed by atoms with Gasteiger partial charge in [0.15, 0.2) is 0 Å². The number of hydrogen-bond acceptors (Lipinski definition) is 4. The van der Waals surface area contributed by atoms with Crippen molar-refractivity contribution in [3.05, 3.63) is 47.3 Å². The van der Waals surface area contributed by atoms with Crippen molar-refractivity contribution in [2.45, 2.75) is 6.92 Å². The molecule has 2 aromatic heterocycles. The van der Waals surface area contributed by atoms with Gasteiger partial charge < -0.3 is 10.3 Å². The molecule has 3 nitrogen and oxygen atoms in total. The van der Waals surface area contributed by atoms with Crippen LogP contribution in [0, 0.1) is 6.92 Å². The highest BCUT2D eigenvalue weighted by Gasteiger charge is 2.19. The number of aryl methyl sites for hydroxylation is 1. The lowest BCUT2D eigenvalue weighted by molar-refractivity contribution is 0.439. The number of thiophene rings is 1. The zero-order valence-electron chi connectivity index (χ0n) is 9.88. The van der Waals surface area contributed by atoms with Crippen LogP contribution in [0.15, 0.2) is 46.3 Å². The van der Waals surface area contributed by atoms with Crippen molar-refractivity contribution >= 4 is 17.2 Å². The molecule has 0 amide bonds. The van der Waals surface area contributed by atoms with Crippen LogP contribution >= 0.6 is 11.3 Å². The Labute approximate surface area is 109 Å². The minimum absolute atomic E-state index is 0.365. The molecule has 0 aliphatic rings. The quantitative estimate of drug-likeness (QED) is 0.755. The Bertz CT molecular complexity index is 670. The molecule has 4 heteroatoms. The third-order valence-corrected chi connectivity index (χ3v) is 3.88. The Balaban J connectivity index is 2.22. The zero-order valence-corrected chi connectivity index (χ0v) is 10.7. The summed E-state index contributed by atoms with van der Waals surface area (Å²) in [5, 5.41) is 6.15. The maximum atomic E-state index is 5.91. The average Bonchev–Trinajstić information content (AvgIpc) is 2.96. The largest absolute Gasteiger partial charge is 0.367 e. The van der Waals surface area contributed by atoms with Gasteiger partial charge in [-0.25, -0.2) is 0 Å². The molecule has 0 bridgehead atoms. The van der Waals surface area contributed by atoms with Crippen LogP contribution in [0.3, 0.4) is 0 Å². The summed E-state index contributed by atoms with van der Waals surface area (Å²) in [6, 6.07) is 12.0. The number of aromatic nitrogens is 1. The van der Waals surface area contributed by atoms with E-state index >= 15 is 0 Å². The smallest absolute Gasteiger partial charge is 0.230 e. The molecule has 90 valence electrons. The van der Waals surface area contributed by atoms with E-state index in [1.807, 2.05) is 35.7 Å². The van der Waals surface area contributed by atoms with E-state index < -0.39 is 0 Å². The van der Waals surface area contributed by atoms with Crippen molar-refractivity contribution in [2.75, 3.05) is 5.73 Å². The lowest BCUT2D eigenvalue weighted by Gasteiger charge is -2.01. The summed E-state index contributed by atoms with van der Waals surface area (Å²) in [4.78, 5) is 1.11. The maximum Gasteiger partial charge on any atom is 0.230 e. The van der Waals surface area contributed by atoms with Gasteiger partial charge in [0, 0.05) is 0 Å². The molecule has 0 fully saturated rings. The SMILES string of the molecule is Cc1ccsc1-c1noc(N)c1-c1ccccc1. The van der Waals surface area contributed by atoms with E-state index in [-0.39, 0.29) is 0 Å². The van der Waals surface area contributed by atoms with Crippen LogP contribution in [0.1, 0.15) is 5.56 Å². The van der Waals surface area contributed by atoms with Crippen molar-refractivity contribution < 1.29 is 4.52 Å². The van der Waals surface area contributed by atoms with E-state index in [1.165, 1.54) is 5.56 Å². The number of rotatable bonds is 2. The molecule has 3 rings (SSSR count). The first-order chi connectivity index (χ1) is 8.77. The third-order valence-electron chi connectivity index (χ3n) is 2.86. The average molecular weight is 256 g/mol. The highest BCUT2D eigenvalue weighted by atomic mass is 32.1. The van der Waals surface area contributed by atoms with Crippen LogP contribution in [0.2, 0.25) is 0 Å². The fourth-order valence-electron chi connectivity index (χ4n) is 1.96. The molecule has 0 saturated carbocycles. The first-order valence-electron chi connectivity index (χ1n) is 5.62. The summed E-state index contributed by atoms with van der Waals surface area (Å²) >= 11 is 1.65. The van der Waals surface area contributed by atoms with E-state index in [0.29, 0.717) is 5.88 Å². The second-order valence-electron chi connectivity index (χ2n) is 4.07. The minimum Gasteiger partial charge on any atom is -0.367 e. The van der Waals surface area contributed by atoms with Gasteiger partial charge in [-0.2, -0.15) is 0 Å². The van der Waals surface area contributed by atoms with Gasteiger partial charge in [0.1, 0.15) is 5.69 Å². The molecule has 2 N–H and O–H groups in total. The summed E-state index contributed by atoms with van der Waals surface area (Å²) < 4.78 is 5.16. The number of nitrogens with zero attached hydrogens (tertiary/aromatic N) is 1. The summed E-state index contributed by atoms with van der Waals surface area (Å²) in [6.07, 6.45) is 0. The van der Waals surface area contributed by atoms with E-state index in [4.69, 9.17) is 10.3 Å². The zero-order chi connectivity index (χ0) is 12.5. The van der Waals surface area contributed by atoms with Crippen molar-refractivity contribution in [3.63, 3.8) is 0 Å². The first-order valence-corrected chi connectivity index (χ1v) is 6.50. The van der Waals surface area contributed by atoms with E-state index in [0.717, 1.165) is 21.7 Å². The predicted octanol–water partition coefficient (Wildman–Crippen LogP) is 3.96. The van der Waals surface area contributed by atoms with Gasteiger partial charge in [-0.15, -0.1) is 11.3 Å². The molecule has 0 aliphatic carbocycles. The van der Waals surface area contributed by atoms with Crippen molar-refractivity contribution in [1.82, 2.24) is 5.16 Å². The summed E-state index contributed by atoms with van der Waals surface area (Å²) in [5.74, 6) is 0.365. The van der Waals surface area contributed by atoms with Crippen molar-refractivity contribution in [2.24, 2.45) is 0 Å². The first kappa shape index (κ1) is 11.0. The second-order valence-corrected chi connectivity index (χ2v) is 4.99. The molecule has 0 aliphatic heterocycles. The van der Waals surface area contributed by atoms with Crippen LogP contribution < -0.4 is 5.73 Å². The Hall–Kier alpha value is -2.07. The molecule has 18 heavy (non-hydrogen) atoms. The fourth-order valence-corrected chi connectivity index (χ4v) is 2.87. The molecule has 0 saturated heterocycles. The van der Waals surface area contributed by atoms with Gasteiger partial charge >= 0.3 is 0 Å². The summed E-state index contributed by atoms with van der Waals surface area (Å²) in [6.45, 7) is 2.06. The van der Waals surface area contributed by atoms with Gasteiger partial charge in [0.25, 0.3) is 0 Å². The number of nitrogen functional groups attached to an aromatic ring is 1. The van der Waals surface area contributed by atoms with E-state index in [1.54, 1.807) is 11.3 Å². The van der Waals surface area contributed by atoms with Crippen LogP contribution in [0.25, 0.3) is 21.7 Å². The van der Waals surface area contributed by atoms with Gasteiger partial charge in [-0.1, -0.05) is 35.5 Å². The lowest BCUT2D eigenvalue weighted by Crippen LogP contribution is -1.87. The standard InChI is InChI=1S/C14H12N2OS/c1-9-7-8-18-13(9)12-11(14(15)17-16-12)10-5-3-2-4-6-10/h2-8H,15H2,1H3. The van der Waals surface area contributed by atoms with Crippen LogP contribution in [0.5, 0.6) is 0 Å². The molecular weight excluding hydrogens is 244 g/mol. The minimum atomic E-state index is 0.365. The third kappa shape index (κ3) is 1.71. The summed E-state index contributed by atoms with van der Waals surface area (Å²) in [7, 11) is 0. The van der Waals surface area contributed by atoms with Gasteiger partial charge in [-0.3, -0.25) is 0 Å². The highest BCUT2D eigenvalue weighted by Crippen LogP contribution is 2.39. The van der Waals surface area contributed by atoms with Crippen LogP contribution in [-0.2, 0) is 0 Å². The van der Waals surface area contributed by atoms with Gasteiger partial charge in [0.05, 0.1) is 10.4 Å². The molecule has 0 unspecified atom stereocenters. The molecule has 0 atom stereocenters. The molecule has 3 aromatic rings. The molecule has 0 radical (unpaired) electrons. The lowest BCUT2D eigenvalue weighted by atomic mass is 10.0. The van der Waals surface area contributed by atoms with E-state index in [9.17, 15) is 0 Å². The van der Waals surface area contributed by atoms with Crippen molar-refractivity contribution in [3.8, 4) is 21.7 Å². The summed E-state index contributed by atoms with van der Waals surface area (Å²) in [5.41, 5.74) is 9.82. The number of benzene rings is 1.